The molecule has 1 rings (SSSR count). The number of rotatable bonds is 20. The Labute approximate surface area is 277 Å². The molecule has 0 heterocycles. The van der Waals surface area contributed by atoms with Crippen LogP contribution in [0.15, 0.2) is 35.3 Å². The first-order valence-corrected chi connectivity index (χ1v) is 16.1. The molecule has 0 unspecified atom stereocenters. The zero-order valence-electron chi connectivity index (χ0n) is 28.1. The van der Waals surface area contributed by atoms with E-state index >= 15 is 0 Å². The van der Waals surface area contributed by atoms with Crippen LogP contribution >= 0.6 is 0 Å². The number of unbranched alkanes of at least 4 members (excludes halogenated alkanes) is 4. The molecule has 264 valence electrons. The molecule has 0 saturated heterocycles. The van der Waals surface area contributed by atoms with Gasteiger partial charge in [-0.25, -0.2) is 14.4 Å². The van der Waals surface area contributed by atoms with Gasteiger partial charge in [0, 0.05) is 38.6 Å². The average Bonchev–Trinajstić information content (AvgIpc) is 2.96. The van der Waals surface area contributed by atoms with Crippen LogP contribution in [-0.4, -0.2) is 95.5 Å². The van der Waals surface area contributed by atoms with Crippen molar-refractivity contribution in [1.82, 2.24) is 31.5 Å². The zero-order chi connectivity index (χ0) is 35.1. The minimum Gasteiger partial charge on any atom is -0.465 e. The summed E-state index contributed by atoms with van der Waals surface area (Å²) in [5, 5.41) is 30.8. The van der Waals surface area contributed by atoms with E-state index in [4.69, 9.17) is 14.9 Å². The van der Waals surface area contributed by atoms with Crippen molar-refractivity contribution in [2.75, 3.05) is 32.7 Å². The second kappa shape index (κ2) is 23.0. The second-order valence-corrected chi connectivity index (χ2v) is 12.2. The summed E-state index contributed by atoms with van der Waals surface area (Å²) in [4.78, 5) is 63.6. The molecule has 0 spiro atoms. The minimum absolute atomic E-state index is 0.0896. The SMILES string of the molecule is C[C@H](CCN(CCCCNC(=O)CNC(=O)CCCCCCNC(=NC(=O)O)NC(=O)OC(C)(C)C)Cc1ccccc1)NC(=O)O. The molecule has 0 bridgehead atoms. The number of carbonyl (C=O) groups is 5. The number of aliphatic imine (C=N–C) groups is 1. The van der Waals surface area contributed by atoms with E-state index in [1.165, 1.54) is 5.56 Å². The highest BCUT2D eigenvalue weighted by Crippen LogP contribution is 2.09. The van der Waals surface area contributed by atoms with Crippen LogP contribution in [0.5, 0.6) is 0 Å². The van der Waals surface area contributed by atoms with Crippen molar-refractivity contribution in [2.45, 2.75) is 97.2 Å². The van der Waals surface area contributed by atoms with E-state index in [1.54, 1.807) is 20.8 Å². The summed E-state index contributed by atoms with van der Waals surface area (Å²) >= 11 is 0. The summed E-state index contributed by atoms with van der Waals surface area (Å²) in [5.41, 5.74) is 0.435. The Morgan fingerprint density at radius 1 is 0.851 bits per heavy atom. The van der Waals surface area contributed by atoms with Crippen molar-refractivity contribution in [3.8, 4) is 0 Å². The molecule has 15 heteroatoms. The number of hydrogen-bond donors (Lipinski definition) is 7. The van der Waals surface area contributed by atoms with Gasteiger partial charge in [0.2, 0.25) is 17.8 Å². The fourth-order valence-electron chi connectivity index (χ4n) is 4.37. The molecule has 0 aliphatic rings. The molecule has 1 atom stereocenters. The third-order valence-electron chi connectivity index (χ3n) is 6.62. The number of ether oxygens (including phenoxy) is 1. The van der Waals surface area contributed by atoms with Crippen LogP contribution in [0.2, 0.25) is 0 Å². The molecule has 47 heavy (non-hydrogen) atoms. The van der Waals surface area contributed by atoms with Crippen molar-refractivity contribution in [3.05, 3.63) is 35.9 Å². The summed E-state index contributed by atoms with van der Waals surface area (Å²) < 4.78 is 5.10. The Morgan fingerprint density at radius 2 is 1.51 bits per heavy atom. The molecule has 7 N–H and O–H groups in total. The van der Waals surface area contributed by atoms with Gasteiger partial charge in [-0.15, -0.1) is 4.99 Å². The van der Waals surface area contributed by atoms with Gasteiger partial charge in [-0.3, -0.25) is 19.8 Å². The van der Waals surface area contributed by atoms with E-state index in [-0.39, 0.29) is 36.8 Å². The van der Waals surface area contributed by atoms with Crippen molar-refractivity contribution in [1.29, 1.82) is 0 Å². The molecular weight excluding hydrogens is 610 g/mol. The van der Waals surface area contributed by atoms with E-state index in [2.05, 4.69) is 48.6 Å². The Morgan fingerprint density at radius 3 is 2.17 bits per heavy atom. The summed E-state index contributed by atoms with van der Waals surface area (Å²) in [6.07, 6.45) is 2.08. The molecule has 1 aromatic rings. The van der Waals surface area contributed by atoms with Gasteiger partial charge in [-0.2, -0.15) is 0 Å². The van der Waals surface area contributed by atoms with Crippen LogP contribution in [0.4, 0.5) is 14.4 Å². The first-order valence-electron chi connectivity index (χ1n) is 16.1. The van der Waals surface area contributed by atoms with Crippen LogP contribution < -0.4 is 26.6 Å². The largest absolute Gasteiger partial charge is 0.465 e. The van der Waals surface area contributed by atoms with Crippen molar-refractivity contribution >= 4 is 36.1 Å². The maximum absolute atomic E-state index is 12.2. The first kappa shape index (κ1) is 40.6. The number of nitrogens with one attached hydrogen (secondary N) is 5. The van der Waals surface area contributed by atoms with Gasteiger partial charge in [-0.1, -0.05) is 43.2 Å². The number of amides is 5. The highest BCUT2D eigenvalue weighted by molar-refractivity contribution is 5.98. The van der Waals surface area contributed by atoms with Crippen LogP contribution in [0.1, 0.15) is 84.6 Å². The smallest absolute Gasteiger partial charge is 0.434 e. The molecule has 0 radical (unpaired) electrons. The number of benzene rings is 1. The second-order valence-electron chi connectivity index (χ2n) is 12.2. The van der Waals surface area contributed by atoms with Crippen molar-refractivity contribution in [2.24, 2.45) is 4.99 Å². The summed E-state index contributed by atoms with van der Waals surface area (Å²) in [6, 6.07) is 9.92. The lowest BCUT2D eigenvalue weighted by atomic mass is 10.1. The van der Waals surface area contributed by atoms with Crippen LogP contribution in [0, 0.1) is 0 Å². The maximum atomic E-state index is 12.2. The van der Waals surface area contributed by atoms with Gasteiger partial charge in [0.05, 0.1) is 6.54 Å². The molecule has 0 aliphatic heterocycles. The topological polar surface area (TPSA) is 211 Å². The Hall–Kier alpha value is -4.40. The molecular formula is C32H53N7O8. The molecule has 1 aromatic carbocycles. The lowest BCUT2D eigenvalue weighted by molar-refractivity contribution is -0.126. The van der Waals surface area contributed by atoms with Crippen LogP contribution in [0.3, 0.4) is 0 Å². The number of carbonyl (C=O) groups excluding carboxylic acids is 3. The van der Waals surface area contributed by atoms with Gasteiger partial charge in [-0.05, 0) is 71.9 Å². The van der Waals surface area contributed by atoms with Gasteiger partial charge in [0.1, 0.15) is 5.60 Å². The van der Waals surface area contributed by atoms with Gasteiger partial charge < -0.3 is 36.2 Å². The van der Waals surface area contributed by atoms with Crippen LogP contribution in [-0.2, 0) is 20.9 Å². The van der Waals surface area contributed by atoms with E-state index in [1.807, 2.05) is 25.1 Å². The van der Waals surface area contributed by atoms with Crippen molar-refractivity contribution < 1.29 is 38.9 Å². The maximum Gasteiger partial charge on any atom is 0.434 e. The zero-order valence-corrected chi connectivity index (χ0v) is 28.1. The molecule has 0 aliphatic carbocycles. The number of guanidine groups is 1. The molecule has 5 amide bonds. The third-order valence-corrected chi connectivity index (χ3v) is 6.62. The summed E-state index contributed by atoms with van der Waals surface area (Å²) in [6.45, 7) is 9.96. The lowest BCUT2D eigenvalue weighted by Crippen LogP contribution is -2.44. The summed E-state index contributed by atoms with van der Waals surface area (Å²) in [7, 11) is 0. The predicted octanol–water partition coefficient (Wildman–Crippen LogP) is 3.65. The predicted molar refractivity (Wildman–Crippen MR) is 178 cm³/mol. The minimum atomic E-state index is -1.46. The Balaban J connectivity index is 2.21. The third kappa shape index (κ3) is 23.6. The highest BCUT2D eigenvalue weighted by Gasteiger charge is 2.18. The molecule has 0 fully saturated rings. The lowest BCUT2D eigenvalue weighted by Gasteiger charge is -2.24. The van der Waals surface area contributed by atoms with E-state index in [9.17, 15) is 24.0 Å². The van der Waals surface area contributed by atoms with E-state index < -0.39 is 23.9 Å². The molecule has 15 nitrogen and oxygen atoms in total. The Kier molecular flexibility index (Phi) is 19.9. The average molecular weight is 664 g/mol. The standard InChI is InChI=1S/C32H53N7O8/c1-24(36-29(42)43)17-21-39(23-25-14-8-7-9-15-25)20-13-12-18-33-27(41)22-35-26(40)16-10-5-6-11-19-34-28(37-30(44)45)38-31(46)47-32(2,3)4/h7-9,14-15,24,36H,5-6,10-13,16-23H2,1-4H3,(H,33,41)(H,35,40)(H,42,43)(H,44,45)(H2,34,37,38,46)/t24-/m1/s1. The highest BCUT2D eigenvalue weighted by atomic mass is 16.6. The Bertz CT molecular complexity index is 1140. The van der Waals surface area contributed by atoms with Gasteiger partial charge >= 0.3 is 18.3 Å². The van der Waals surface area contributed by atoms with Gasteiger partial charge in [0.25, 0.3) is 0 Å². The monoisotopic (exact) mass is 663 g/mol. The fraction of sp³-hybridized carbons (Fsp3) is 0.625. The molecule has 0 aromatic heterocycles. The number of nitrogens with zero attached hydrogens (tertiary/aromatic N) is 2. The van der Waals surface area contributed by atoms with Crippen LogP contribution in [0.25, 0.3) is 0 Å². The van der Waals surface area contributed by atoms with Crippen molar-refractivity contribution in [3.63, 3.8) is 0 Å². The number of alkyl carbamates (subject to hydrolysis) is 1. The number of hydrogen-bond acceptors (Lipinski definition) is 7. The number of carboxylic acid groups (broad SMARTS) is 2. The van der Waals surface area contributed by atoms with E-state index in [0.29, 0.717) is 32.4 Å². The fourth-order valence-corrected chi connectivity index (χ4v) is 4.37. The normalized spacial score (nSPS) is 12.1. The summed E-state index contributed by atoms with van der Waals surface area (Å²) in [5.74, 6) is -0.677. The van der Waals surface area contributed by atoms with E-state index in [0.717, 1.165) is 45.3 Å². The van der Waals surface area contributed by atoms with Gasteiger partial charge in [0.15, 0.2) is 0 Å². The molecule has 0 saturated carbocycles. The first-order chi connectivity index (χ1) is 22.2. The quantitative estimate of drug-likeness (QED) is 0.0611.